The summed E-state index contributed by atoms with van der Waals surface area (Å²) < 4.78 is 0. The Labute approximate surface area is 141 Å². The average Bonchev–Trinajstić information content (AvgIpc) is 3.21. The Morgan fingerprint density at radius 1 is 1.09 bits per heavy atom. The number of amides is 2. The number of anilines is 1. The van der Waals surface area contributed by atoms with Crippen LogP contribution in [0.3, 0.4) is 0 Å². The fraction of sp³-hybridized carbons (Fsp3) is 0.0625. The van der Waals surface area contributed by atoms with E-state index in [9.17, 15) is 4.79 Å². The van der Waals surface area contributed by atoms with Crippen molar-refractivity contribution in [3.05, 3.63) is 74.1 Å². The molecule has 2 N–H and O–H groups in total. The lowest BCUT2D eigenvalue weighted by Crippen LogP contribution is -2.32. The number of rotatable bonds is 4. The van der Waals surface area contributed by atoms with Crippen molar-refractivity contribution in [1.82, 2.24) is 5.32 Å². The summed E-state index contributed by atoms with van der Waals surface area (Å²) in [5.74, 6) is 0. The van der Waals surface area contributed by atoms with Crippen LogP contribution >= 0.6 is 34.3 Å². The Bertz CT molecular complexity index is 707. The number of para-hydroxylation sites is 1. The van der Waals surface area contributed by atoms with Crippen LogP contribution in [0.2, 0.25) is 5.02 Å². The average molecular weight is 349 g/mol. The molecule has 3 rings (SSSR count). The molecule has 0 aliphatic rings. The topological polar surface area (TPSA) is 41.1 Å². The van der Waals surface area contributed by atoms with Crippen LogP contribution in [0.5, 0.6) is 0 Å². The van der Waals surface area contributed by atoms with Crippen LogP contribution in [0.1, 0.15) is 16.5 Å². The summed E-state index contributed by atoms with van der Waals surface area (Å²) in [5, 5.41) is 12.4. The van der Waals surface area contributed by atoms with Gasteiger partial charge in [0.15, 0.2) is 0 Å². The summed E-state index contributed by atoms with van der Waals surface area (Å²) in [6.07, 6.45) is 0. The van der Waals surface area contributed by atoms with E-state index in [0.29, 0.717) is 10.7 Å². The fourth-order valence-electron chi connectivity index (χ4n) is 2.07. The Balaban J connectivity index is 1.77. The fourth-order valence-corrected chi connectivity index (χ4v) is 3.74. The zero-order valence-electron chi connectivity index (χ0n) is 11.5. The smallest absolute Gasteiger partial charge is 0.320 e. The minimum atomic E-state index is -0.280. The molecule has 0 saturated carbocycles. The van der Waals surface area contributed by atoms with Crippen molar-refractivity contribution < 1.29 is 4.79 Å². The van der Waals surface area contributed by atoms with Crippen LogP contribution in [0.15, 0.2) is 58.6 Å². The van der Waals surface area contributed by atoms with Gasteiger partial charge < -0.3 is 10.6 Å². The molecule has 2 amide bonds. The predicted octanol–water partition coefficient (Wildman–Crippen LogP) is 5.37. The maximum Gasteiger partial charge on any atom is 0.320 e. The normalized spacial score (nSPS) is 11.9. The van der Waals surface area contributed by atoms with Gasteiger partial charge in [-0.05, 0) is 46.0 Å². The second kappa shape index (κ2) is 6.96. The molecule has 0 fully saturated rings. The summed E-state index contributed by atoms with van der Waals surface area (Å²) >= 11 is 9.29. The van der Waals surface area contributed by atoms with Gasteiger partial charge in [-0.2, -0.15) is 11.3 Å². The third-order valence-electron chi connectivity index (χ3n) is 3.10. The summed E-state index contributed by atoms with van der Waals surface area (Å²) in [4.78, 5) is 13.4. The third-order valence-corrected chi connectivity index (χ3v) is 5.07. The summed E-state index contributed by atoms with van der Waals surface area (Å²) in [7, 11) is 0. The van der Waals surface area contributed by atoms with Crippen LogP contribution in [0, 0.1) is 0 Å². The first kappa shape index (κ1) is 15.1. The molecule has 0 saturated heterocycles. The first-order chi connectivity index (χ1) is 10.7. The predicted molar refractivity (Wildman–Crippen MR) is 94.1 cm³/mol. The van der Waals surface area contributed by atoms with Gasteiger partial charge in [-0.15, -0.1) is 11.3 Å². The molecule has 2 heterocycles. The molecule has 0 aliphatic carbocycles. The lowest BCUT2D eigenvalue weighted by Gasteiger charge is -2.17. The second-order valence-corrected chi connectivity index (χ2v) is 6.75. The summed E-state index contributed by atoms with van der Waals surface area (Å²) in [6.45, 7) is 0. The zero-order chi connectivity index (χ0) is 15.4. The first-order valence-corrected chi connectivity index (χ1v) is 8.81. The maximum atomic E-state index is 12.3. The molecule has 0 radical (unpaired) electrons. The number of urea groups is 1. The van der Waals surface area contributed by atoms with Crippen molar-refractivity contribution in [2.45, 2.75) is 6.04 Å². The van der Waals surface area contributed by atoms with E-state index in [1.807, 2.05) is 46.5 Å². The van der Waals surface area contributed by atoms with Crippen molar-refractivity contribution in [3.63, 3.8) is 0 Å². The molecule has 2 aromatic heterocycles. The van der Waals surface area contributed by atoms with Gasteiger partial charge in [-0.3, -0.25) is 0 Å². The molecule has 0 aliphatic heterocycles. The maximum absolute atomic E-state index is 12.3. The molecule has 0 spiro atoms. The highest BCUT2D eigenvalue weighted by Gasteiger charge is 2.18. The molecule has 1 unspecified atom stereocenters. The number of thiophene rings is 2. The summed E-state index contributed by atoms with van der Waals surface area (Å²) in [5.41, 5.74) is 1.67. The third kappa shape index (κ3) is 3.50. The van der Waals surface area contributed by atoms with Crippen LogP contribution in [0.4, 0.5) is 10.5 Å². The van der Waals surface area contributed by atoms with Gasteiger partial charge in [0.1, 0.15) is 0 Å². The highest BCUT2D eigenvalue weighted by Crippen LogP contribution is 2.28. The minimum absolute atomic E-state index is 0.159. The molecule has 1 atom stereocenters. The van der Waals surface area contributed by atoms with Crippen molar-refractivity contribution >= 4 is 46.0 Å². The first-order valence-electron chi connectivity index (χ1n) is 6.61. The number of carbonyl (C=O) groups excluding carboxylic acids is 1. The number of carbonyl (C=O) groups is 1. The highest BCUT2D eigenvalue weighted by atomic mass is 35.5. The minimum Gasteiger partial charge on any atom is -0.326 e. The van der Waals surface area contributed by atoms with Gasteiger partial charge in [-0.1, -0.05) is 29.8 Å². The monoisotopic (exact) mass is 348 g/mol. The largest absolute Gasteiger partial charge is 0.326 e. The number of halogens is 1. The molecular formula is C16H13ClN2OS2. The molecule has 22 heavy (non-hydrogen) atoms. The second-order valence-electron chi connectivity index (χ2n) is 4.58. The number of benzene rings is 1. The van der Waals surface area contributed by atoms with E-state index < -0.39 is 0 Å². The zero-order valence-corrected chi connectivity index (χ0v) is 13.8. The molecule has 112 valence electrons. The molecule has 1 aromatic carbocycles. The van der Waals surface area contributed by atoms with E-state index in [-0.39, 0.29) is 12.1 Å². The van der Waals surface area contributed by atoms with Gasteiger partial charge in [0.05, 0.1) is 16.8 Å². The molecule has 3 aromatic rings. The highest BCUT2D eigenvalue weighted by molar-refractivity contribution is 7.10. The quantitative estimate of drug-likeness (QED) is 0.653. The molecular weight excluding hydrogens is 336 g/mol. The van der Waals surface area contributed by atoms with Gasteiger partial charge in [-0.25, -0.2) is 4.79 Å². The van der Waals surface area contributed by atoms with E-state index in [4.69, 9.17) is 11.6 Å². The van der Waals surface area contributed by atoms with E-state index in [1.165, 1.54) is 0 Å². The number of hydrogen-bond acceptors (Lipinski definition) is 3. The number of hydrogen-bond donors (Lipinski definition) is 2. The Kier molecular flexibility index (Phi) is 4.77. The van der Waals surface area contributed by atoms with Gasteiger partial charge >= 0.3 is 6.03 Å². The van der Waals surface area contributed by atoms with Gasteiger partial charge in [0, 0.05) is 4.88 Å². The Hall–Kier alpha value is -1.82. The molecule has 3 nitrogen and oxygen atoms in total. The van der Waals surface area contributed by atoms with Crippen molar-refractivity contribution in [1.29, 1.82) is 0 Å². The lowest BCUT2D eigenvalue weighted by atomic mass is 10.1. The molecule has 0 bridgehead atoms. The van der Waals surface area contributed by atoms with Crippen molar-refractivity contribution in [3.8, 4) is 0 Å². The SMILES string of the molecule is O=C(Nc1ccccc1Cl)NC(c1ccsc1)c1cccs1. The van der Waals surface area contributed by atoms with Crippen LogP contribution < -0.4 is 10.6 Å². The van der Waals surface area contributed by atoms with Crippen LogP contribution in [0.25, 0.3) is 0 Å². The van der Waals surface area contributed by atoms with Crippen LogP contribution in [-0.4, -0.2) is 6.03 Å². The molecule has 6 heteroatoms. The Morgan fingerprint density at radius 2 is 1.95 bits per heavy atom. The van der Waals surface area contributed by atoms with Crippen molar-refractivity contribution in [2.24, 2.45) is 0 Å². The summed E-state index contributed by atoms with van der Waals surface area (Å²) in [6, 6.07) is 12.7. The standard InChI is InChI=1S/C16H13ClN2OS2/c17-12-4-1-2-5-13(12)18-16(20)19-15(11-7-9-21-10-11)14-6-3-8-22-14/h1-10,15H,(H2,18,19,20). The van der Waals surface area contributed by atoms with Crippen molar-refractivity contribution in [2.75, 3.05) is 5.32 Å². The van der Waals surface area contributed by atoms with E-state index in [2.05, 4.69) is 10.6 Å². The van der Waals surface area contributed by atoms with E-state index in [1.54, 1.807) is 34.8 Å². The van der Waals surface area contributed by atoms with E-state index >= 15 is 0 Å². The number of nitrogens with one attached hydrogen (secondary N) is 2. The Morgan fingerprint density at radius 3 is 2.64 bits per heavy atom. The van der Waals surface area contributed by atoms with Gasteiger partial charge in [0.25, 0.3) is 0 Å². The lowest BCUT2D eigenvalue weighted by molar-refractivity contribution is 0.250. The van der Waals surface area contributed by atoms with E-state index in [0.717, 1.165) is 10.4 Å². The van der Waals surface area contributed by atoms with Gasteiger partial charge in [0.2, 0.25) is 0 Å². The van der Waals surface area contributed by atoms with Crippen LogP contribution in [-0.2, 0) is 0 Å².